The van der Waals surface area contributed by atoms with Crippen molar-refractivity contribution in [3.05, 3.63) is 30.0 Å². The van der Waals surface area contributed by atoms with E-state index in [0.717, 1.165) is 5.39 Å². The van der Waals surface area contributed by atoms with E-state index in [1.807, 2.05) is 0 Å². The van der Waals surface area contributed by atoms with Crippen molar-refractivity contribution in [1.29, 1.82) is 0 Å². The number of nitrogens with zero attached hydrogens (tertiary/aromatic N) is 1. The highest BCUT2D eigenvalue weighted by molar-refractivity contribution is 5.96. The number of carbonyl (C=O) groups excluding carboxylic acids is 2. The fraction of sp³-hybridized carbons (Fsp3) is 0.286. The Balaban J connectivity index is 1.99. The molecule has 1 aromatic carbocycles. The Morgan fingerprint density at radius 2 is 2.05 bits per heavy atom. The Bertz CT molecular complexity index is 646. The highest BCUT2D eigenvalue weighted by Gasteiger charge is 2.12. The van der Waals surface area contributed by atoms with Crippen molar-refractivity contribution < 1.29 is 14.0 Å². The first-order valence-corrected chi connectivity index (χ1v) is 6.25. The lowest BCUT2D eigenvalue weighted by Gasteiger charge is -2.09. The minimum Gasteiger partial charge on any atom is -0.451 e. The predicted molar refractivity (Wildman–Crippen MR) is 76.3 cm³/mol. The summed E-state index contributed by atoms with van der Waals surface area (Å²) in [6.45, 7) is 0.273. The van der Waals surface area contributed by atoms with Gasteiger partial charge < -0.3 is 20.4 Å². The van der Waals surface area contributed by atoms with Crippen LogP contribution in [0.3, 0.4) is 0 Å². The maximum atomic E-state index is 11.9. The molecular weight excluding hydrogens is 258 g/mol. The number of anilines is 1. The normalized spacial score (nSPS) is 10.5. The molecule has 3 N–H and O–H groups in total. The van der Waals surface area contributed by atoms with Gasteiger partial charge in [0.05, 0.1) is 0 Å². The van der Waals surface area contributed by atoms with Gasteiger partial charge in [-0.3, -0.25) is 9.59 Å². The zero-order valence-electron chi connectivity index (χ0n) is 11.5. The Morgan fingerprint density at radius 3 is 2.75 bits per heavy atom. The van der Waals surface area contributed by atoms with Crippen LogP contribution in [0, 0.1) is 0 Å². The predicted octanol–water partition coefficient (Wildman–Crippen LogP) is 1.22. The first-order chi connectivity index (χ1) is 9.47. The molecular formula is C14H17N3O3. The summed E-state index contributed by atoms with van der Waals surface area (Å²) in [5.41, 5.74) is 6.88. The molecule has 0 aliphatic rings. The Morgan fingerprint density at radius 1 is 1.30 bits per heavy atom. The summed E-state index contributed by atoms with van der Waals surface area (Å²) < 4.78 is 5.43. The lowest BCUT2D eigenvalue weighted by Crippen LogP contribution is -2.29. The lowest BCUT2D eigenvalue weighted by molar-refractivity contribution is -0.128. The van der Waals surface area contributed by atoms with Gasteiger partial charge in [-0.05, 0) is 24.3 Å². The summed E-state index contributed by atoms with van der Waals surface area (Å²) in [4.78, 5) is 24.7. The summed E-state index contributed by atoms with van der Waals surface area (Å²) in [5.74, 6) is -0.170. The molecule has 0 aliphatic carbocycles. The molecule has 2 rings (SSSR count). The van der Waals surface area contributed by atoms with Gasteiger partial charge in [0, 0.05) is 38.1 Å². The molecule has 1 heterocycles. The summed E-state index contributed by atoms with van der Waals surface area (Å²) >= 11 is 0. The molecule has 0 unspecified atom stereocenters. The van der Waals surface area contributed by atoms with Crippen LogP contribution in [0.25, 0.3) is 11.0 Å². The second-order valence-electron chi connectivity index (χ2n) is 4.70. The minimum absolute atomic E-state index is 0.0392. The van der Waals surface area contributed by atoms with Gasteiger partial charge in [0.25, 0.3) is 5.91 Å². The molecule has 1 aromatic heterocycles. The maximum absolute atomic E-state index is 11.9. The summed E-state index contributed by atoms with van der Waals surface area (Å²) in [6.07, 6.45) is 0.256. The van der Waals surface area contributed by atoms with E-state index in [-0.39, 0.29) is 30.5 Å². The quantitative estimate of drug-likeness (QED) is 0.821. The van der Waals surface area contributed by atoms with Crippen molar-refractivity contribution in [3.8, 4) is 0 Å². The molecule has 0 saturated carbocycles. The number of benzene rings is 1. The van der Waals surface area contributed by atoms with Gasteiger partial charge in [-0.1, -0.05) is 0 Å². The molecule has 0 radical (unpaired) electrons. The third-order valence-corrected chi connectivity index (χ3v) is 2.89. The van der Waals surface area contributed by atoms with E-state index in [2.05, 4.69) is 5.32 Å². The van der Waals surface area contributed by atoms with Crippen LogP contribution in [0.2, 0.25) is 0 Å². The number of nitrogens with two attached hydrogens (primary N) is 1. The zero-order valence-corrected chi connectivity index (χ0v) is 11.5. The SMILES string of the molecule is CN(C)C(=O)CCNC(=O)c1cc2cc(N)ccc2o1. The number of hydrogen-bond donors (Lipinski definition) is 2. The Kier molecular flexibility index (Phi) is 3.93. The second-order valence-corrected chi connectivity index (χ2v) is 4.70. The highest BCUT2D eigenvalue weighted by Crippen LogP contribution is 2.21. The molecule has 6 heteroatoms. The van der Waals surface area contributed by atoms with Crippen LogP contribution in [0.4, 0.5) is 5.69 Å². The van der Waals surface area contributed by atoms with Crippen molar-refractivity contribution in [1.82, 2.24) is 10.2 Å². The highest BCUT2D eigenvalue weighted by atomic mass is 16.3. The number of nitrogens with one attached hydrogen (secondary N) is 1. The monoisotopic (exact) mass is 275 g/mol. The van der Waals surface area contributed by atoms with Gasteiger partial charge in [0.2, 0.25) is 5.91 Å². The molecule has 2 aromatic rings. The summed E-state index contributed by atoms with van der Waals surface area (Å²) in [5, 5.41) is 3.43. The fourth-order valence-corrected chi connectivity index (χ4v) is 1.77. The zero-order chi connectivity index (χ0) is 14.7. The third-order valence-electron chi connectivity index (χ3n) is 2.89. The minimum atomic E-state index is -0.341. The molecule has 0 fully saturated rings. The molecule has 0 atom stereocenters. The average Bonchev–Trinajstić information content (AvgIpc) is 2.81. The van der Waals surface area contributed by atoms with Crippen LogP contribution in [0.5, 0.6) is 0 Å². The average molecular weight is 275 g/mol. The number of hydrogen-bond acceptors (Lipinski definition) is 4. The van der Waals surface area contributed by atoms with Crippen molar-refractivity contribution in [3.63, 3.8) is 0 Å². The van der Waals surface area contributed by atoms with Crippen molar-refractivity contribution in [2.75, 3.05) is 26.4 Å². The van der Waals surface area contributed by atoms with Crippen molar-refractivity contribution in [2.45, 2.75) is 6.42 Å². The fourth-order valence-electron chi connectivity index (χ4n) is 1.77. The van der Waals surface area contributed by atoms with E-state index in [1.165, 1.54) is 4.90 Å². The molecule has 0 saturated heterocycles. The van der Waals surface area contributed by atoms with Crippen molar-refractivity contribution in [2.24, 2.45) is 0 Å². The Labute approximate surface area is 116 Å². The van der Waals surface area contributed by atoms with Crippen LogP contribution in [-0.4, -0.2) is 37.4 Å². The van der Waals surface area contributed by atoms with Crippen LogP contribution < -0.4 is 11.1 Å². The molecule has 0 aliphatic heterocycles. The number of nitrogen functional groups attached to an aromatic ring is 1. The first kappa shape index (κ1) is 13.9. The summed E-state index contributed by atoms with van der Waals surface area (Å²) in [6, 6.07) is 6.81. The lowest BCUT2D eigenvalue weighted by atomic mass is 10.2. The molecule has 6 nitrogen and oxygen atoms in total. The number of furan rings is 1. The molecule has 0 bridgehead atoms. The van der Waals surface area contributed by atoms with Crippen LogP contribution in [0.15, 0.2) is 28.7 Å². The van der Waals surface area contributed by atoms with Gasteiger partial charge in [-0.25, -0.2) is 0 Å². The number of fused-ring (bicyclic) bond motifs is 1. The van der Waals surface area contributed by atoms with Crippen molar-refractivity contribution >= 4 is 28.5 Å². The first-order valence-electron chi connectivity index (χ1n) is 6.25. The standard InChI is InChI=1S/C14H17N3O3/c1-17(2)13(18)5-6-16-14(19)12-8-9-7-10(15)3-4-11(9)20-12/h3-4,7-8H,5-6,15H2,1-2H3,(H,16,19). The number of carbonyl (C=O) groups is 2. The third kappa shape index (κ3) is 3.09. The molecule has 2 amide bonds. The number of amides is 2. The molecule has 20 heavy (non-hydrogen) atoms. The second kappa shape index (κ2) is 5.64. The van der Waals surface area contributed by atoms with E-state index >= 15 is 0 Å². The molecule has 106 valence electrons. The van der Waals surface area contributed by atoms with Gasteiger partial charge in [0.15, 0.2) is 5.76 Å². The maximum Gasteiger partial charge on any atom is 0.287 e. The van der Waals surface area contributed by atoms with E-state index in [0.29, 0.717) is 11.3 Å². The van der Waals surface area contributed by atoms with Gasteiger partial charge in [0.1, 0.15) is 5.58 Å². The van der Waals surface area contributed by atoms with E-state index in [4.69, 9.17) is 10.2 Å². The van der Waals surface area contributed by atoms with E-state index < -0.39 is 0 Å². The van der Waals surface area contributed by atoms with Gasteiger partial charge in [-0.15, -0.1) is 0 Å². The van der Waals surface area contributed by atoms with E-state index in [1.54, 1.807) is 38.4 Å². The Hall–Kier alpha value is -2.50. The smallest absolute Gasteiger partial charge is 0.287 e. The summed E-state index contributed by atoms with van der Waals surface area (Å²) in [7, 11) is 3.35. The van der Waals surface area contributed by atoms with Crippen LogP contribution in [-0.2, 0) is 4.79 Å². The van der Waals surface area contributed by atoms with E-state index in [9.17, 15) is 9.59 Å². The van der Waals surface area contributed by atoms with Gasteiger partial charge in [-0.2, -0.15) is 0 Å². The largest absolute Gasteiger partial charge is 0.451 e. The van der Waals surface area contributed by atoms with Crippen LogP contribution in [0.1, 0.15) is 17.0 Å². The topological polar surface area (TPSA) is 88.6 Å². The molecule has 0 spiro atoms. The number of rotatable bonds is 4. The van der Waals surface area contributed by atoms with Gasteiger partial charge >= 0.3 is 0 Å². The van der Waals surface area contributed by atoms with Crippen LogP contribution >= 0.6 is 0 Å².